The third kappa shape index (κ3) is 3.54. The van der Waals surface area contributed by atoms with E-state index < -0.39 is 5.97 Å². The fourth-order valence-electron chi connectivity index (χ4n) is 1.47. The largest absolute Gasteiger partial charge is 0.496 e. The molecule has 1 aromatic rings. The molecule has 18 heavy (non-hydrogen) atoms. The number of hydrogen-bond acceptors (Lipinski definition) is 3. The quantitative estimate of drug-likeness (QED) is 0.362. The van der Waals surface area contributed by atoms with Crippen LogP contribution in [0, 0.1) is 0 Å². The van der Waals surface area contributed by atoms with Gasteiger partial charge >= 0.3 is 5.97 Å². The molecule has 0 aliphatic carbocycles. The van der Waals surface area contributed by atoms with Crippen LogP contribution in [0.15, 0.2) is 29.4 Å². The highest BCUT2D eigenvalue weighted by Gasteiger charge is 2.13. The van der Waals surface area contributed by atoms with E-state index >= 15 is 0 Å². The minimum atomic E-state index is -1.04. The summed E-state index contributed by atoms with van der Waals surface area (Å²) in [5, 5.41) is 12.5. The van der Waals surface area contributed by atoms with Crippen LogP contribution in [0.1, 0.15) is 22.3 Å². The number of ether oxygens (including phenoxy) is 1. The van der Waals surface area contributed by atoms with Crippen molar-refractivity contribution in [3.8, 4) is 5.75 Å². The lowest BCUT2D eigenvalue weighted by Gasteiger charge is -2.07. The third-order valence-electron chi connectivity index (χ3n) is 2.25. The summed E-state index contributed by atoms with van der Waals surface area (Å²) < 4.78 is 5.01. The molecule has 94 valence electrons. The Hall–Kier alpha value is -2.46. The molecule has 0 unspecified atom stereocenters. The highest BCUT2D eigenvalue weighted by atomic mass is 16.5. The molecule has 0 spiro atoms. The number of methoxy groups -OCH3 is 1. The van der Waals surface area contributed by atoms with Gasteiger partial charge in [-0.25, -0.2) is 4.79 Å². The van der Waals surface area contributed by atoms with Crippen molar-refractivity contribution in [1.82, 2.24) is 0 Å². The fraction of sp³-hybridized carbons (Fsp3) is 0.250. The van der Waals surface area contributed by atoms with E-state index in [0.29, 0.717) is 24.3 Å². The number of carbonyl (C=O) groups is 1. The first-order valence-corrected chi connectivity index (χ1v) is 5.28. The van der Waals surface area contributed by atoms with Crippen molar-refractivity contribution in [3.63, 3.8) is 0 Å². The number of hydrogen-bond donors (Lipinski definition) is 1. The first-order valence-electron chi connectivity index (χ1n) is 5.28. The van der Waals surface area contributed by atoms with Gasteiger partial charge < -0.3 is 9.84 Å². The fourth-order valence-corrected chi connectivity index (χ4v) is 1.47. The van der Waals surface area contributed by atoms with Crippen LogP contribution < -0.4 is 4.74 Å². The van der Waals surface area contributed by atoms with Gasteiger partial charge in [-0.2, -0.15) is 0 Å². The number of nitrogens with zero attached hydrogens (tertiary/aromatic N) is 3. The van der Waals surface area contributed by atoms with Crippen molar-refractivity contribution in [2.45, 2.75) is 6.42 Å². The van der Waals surface area contributed by atoms with Gasteiger partial charge in [-0.15, -0.1) is 0 Å². The number of benzene rings is 1. The summed E-state index contributed by atoms with van der Waals surface area (Å²) in [5.74, 6) is -0.721. The molecule has 1 rings (SSSR count). The number of carboxylic acid groups (broad SMARTS) is 1. The molecule has 0 aliphatic heterocycles. The second-order valence-corrected chi connectivity index (χ2v) is 3.38. The summed E-state index contributed by atoms with van der Waals surface area (Å²) in [6.07, 6.45) is 4.00. The van der Waals surface area contributed by atoms with E-state index in [2.05, 4.69) is 10.0 Å². The molecule has 0 bridgehead atoms. The highest BCUT2D eigenvalue weighted by molar-refractivity contribution is 5.95. The molecule has 0 saturated heterocycles. The predicted octanol–water partition coefficient (Wildman–Crippen LogP) is 3.11. The maximum atomic E-state index is 11.2. The number of rotatable bonds is 6. The van der Waals surface area contributed by atoms with Gasteiger partial charge in [-0.3, -0.25) is 0 Å². The summed E-state index contributed by atoms with van der Waals surface area (Å²) in [7, 11) is 1.43. The van der Waals surface area contributed by atoms with Gasteiger partial charge in [-0.05, 0) is 23.6 Å². The molecule has 6 nitrogen and oxygen atoms in total. The molecule has 0 saturated carbocycles. The maximum absolute atomic E-state index is 11.2. The third-order valence-corrected chi connectivity index (χ3v) is 2.25. The second-order valence-electron chi connectivity index (χ2n) is 3.38. The Morgan fingerprint density at radius 2 is 2.39 bits per heavy atom. The summed E-state index contributed by atoms with van der Waals surface area (Å²) in [6, 6.07) is 5.01. The Bertz CT molecular complexity index is 505. The van der Waals surface area contributed by atoms with E-state index in [4.69, 9.17) is 15.4 Å². The van der Waals surface area contributed by atoms with Gasteiger partial charge in [0, 0.05) is 11.5 Å². The Labute approximate surface area is 104 Å². The summed E-state index contributed by atoms with van der Waals surface area (Å²) in [5.41, 5.74) is 8.79. The maximum Gasteiger partial charge on any atom is 0.340 e. The Morgan fingerprint density at radius 1 is 1.61 bits per heavy atom. The molecular weight excluding hydrogens is 234 g/mol. The van der Waals surface area contributed by atoms with Crippen molar-refractivity contribution in [3.05, 3.63) is 45.8 Å². The van der Waals surface area contributed by atoms with Crippen LogP contribution in [0.2, 0.25) is 0 Å². The van der Waals surface area contributed by atoms with Gasteiger partial charge in [0.15, 0.2) is 0 Å². The van der Waals surface area contributed by atoms with Crippen LogP contribution in [-0.4, -0.2) is 24.7 Å². The molecular formula is C12H13N3O3. The lowest BCUT2D eigenvalue weighted by atomic mass is 10.1. The lowest BCUT2D eigenvalue weighted by molar-refractivity contribution is 0.0693. The molecule has 1 aromatic carbocycles. The monoisotopic (exact) mass is 247 g/mol. The van der Waals surface area contributed by atoms with Gasteiger partial charge in [-0.1, -0.05) is 29.4 Å². The van der Waals surface area contributed by atoms with Crippen molar-refractivity contribution in [2.75, 3.05) is 13.7 Å². The van der Waals surface area contributed by atoms with Gasteiger partial charge in [0.05, 0.1) is 7.11 Å². The number of azide groups is 1. The van der Waals surface area contributed by atoms with Crippen LogP contribution in [0.3, 0.4) is 0 Å². The molecule has 0 heterocycles. The minimum Gasteiger partial charge on any atom is -0.496 e. The molecule has 1 N–H and O–H groups in total. The van der Waals surface area contributed by atoms with Gasteiger partial charge in [0.2, 0.25) is 0 Å². The standard InChI is InChI=1S/C12H13N3O3/c1-18-10-7-4-6-9(11(10)12(16)17)5-2-3-8-14-15-13/h2,4-7H,3,8H2,1H3,(H,16,17). The van der Waals surface area contributed by atoms with Gasteiger partial charge in [0.25, 0.3) is 0 Å². The molecule has 0 atom stereocenters. The Balaban J connectivity index is 2.94. The normalized spacial score (nSPS) is 10.1. The van der Waals surface area contributed by atoms with Crippen LogP contribution >= 0.6 is 0 Å². The molecule has 0 radical (unpaired) electrons. The van der Waals surface area contributed by atoms with Crippen molar-refractivity contribution in [1.29, 1.82) is 0 Å². The van der Waals surface area contributed by atoms with Crippen LogP contribution in [0.25, 0.3) is 16.5 Å². The number of aromatic carboxylic acids is 1. The Kier molecular flexibility index (Phi) is 5.28. The molecule has 0 fully saturated rings. The zero-order valence-corrected chi connectivity index (χ0v) is 9.91. The van der Waals surface area contributed by atoms with E-state index in [1.807, 2.05) is 0 Å². The van der Waals surface area contributed by atoms with Crippen LogP contribution in [-0.2, 0) is 0 Å². The average Bonchev–Trinajstić information content (AvgIpc) is 2.37. The van der Waals surface area contributed by atoms with E-state index in [0.717, 1.165) is 0 Å². The van der Waals surface area contributed by atoms with Gasteiger partial charge in [0.1, 0.15) is 11.3 Å². The highest BCUT2D eigenvalue weighted by Crippen LogP contribution is 2.23. The summed E-state index contributed by atoms with van der Waals surface area (Å²) in [4.78, 5) is 13.8. The SMILES string of the molecule is COc1cccc(C=CCCN=[N+]=[N-])c1C(=O)O. The minimum absolute atomic E-state index is 0.125. The van der Waals surface area contributed by atoms with E-state index in [1.54, 1.807) is 30.4 Å². The average molecular weight is 247 g/mol. The smallest absolute Gasteiger partial charge is 0.340 e. The Morgan fingerprint density at radius 3 is 3.00 bits per heavy atom. The summed E-state index contributed by atoms with van der Waals surface area (Å²) >= 11 is 0. The first kappa shape index (κ1) is 13.6. The molecule has 0 aromatic heterocycles. The predicted molar refractivity (Wildman–Crippen MR) is 67.6 cm³/mol. The molecule has 0 aliphatic rings. The zero-order chi connectivity index (χ0) is 13.4. The molecule has 6 heteroatoms. The van der Waals surface area contributed by atoms with Crippen molar-refractivity contribution in [2.24, 2.45) is 5.11 Å². The van der Waals surface area contributed by atoms with Crippen molar-refractivity contribution >= 4 is 12.0 Å². The van der Waals surface area contributed by atoms with E-state index in [1.165, 1.54) is 7.11 Å². The molecule has 0 amide bonds. The number of carboxylic acids is 1. The van der Waals surface area contributed by atoms with Crippen molar-refractivity contribution < 1.29 is 14.6 Å². The lowest BCUT2D eigenvalue weighted by Crippen LogP contribution is -2.03. The summed E-state index contributed by atoms with van der Waals surface area (Å²) in [6.45, 7) is 0.347. The van der Waals surface area contributed by atoms with Crippen LogP contribution in [0.5, 0.6) is 5.75 Å². The second kappa shape index (κ2) is 6.98. The zero-order valence-electron chi connectivity index (χ0n) is 9.91. The van der Waals surface area contributed by atoms with E-state index in [9.17, 15) is 4.79 Å². The topological polar surface area (TPSA) is 95.3 Å². The van der Waals surface area contributed by atoms with Crippen LogP contribution in [0.4, 0.5) is 0 Å². The van der Waals surface area contributed by atoms with E-state index in [-0.39, 0.29) is 5.56 Å². The first-order chi connectivity index (χ1) is 8.70.